The fourth-order valence-electron chi connectivity index (χ4n) is 1.92. The van der Waals surface area contributed by atoms with Gasteiger partial charge in [0.1, 0.15) is 0 Å². The van der Waals surface area contributed by atoms with Gasteiger partial charge in [-0.3, -0.25) is 0 Å². The SMILES string of the molecule is CCC(C)(C)NC1CC[C@H](O)[C@H](O)C1. The summed E-state index contributed by atoms with van der Waals surface area (Å²) < 4.78 is 0. The van der Waals surface area contributed by atoms with Gasteiger partial charge in [0.15, 0.2) is 0 Å². The van der Waals surface area contributed by atoms with Crippen LogP contribution in [0.3, 0.4) is 0 Å². The Labute approximate surface area is 86.5 Å². The van der Waals surface area contributed by atoms with Crippen LogP contribution in [0.2, 0.25) is 0 Å². The molecule has 3 heteroatoms. The molecule has 0 bridgehead atoms. The van der Waals surface area contributed by atoms with Crippen LogP contribution in [0.15, 0.2) is 0 Å². The Hall–Kier alpha value is -0.120. The smallest absolute Gasteiger partial charge is 0.0813 e. The molecule has 3 N–H and O–H groups in total. The van der Waals surface area contributed by atoms with Gasteiger partial charge in [-0.2, -0.15) is 0 Å². The van der Waals surface area contributed by atoms with Gasteiger partial charge in [-0.25, -0.2) is 0 Å². The highest BCUT2D eigenvalue weighted by atomic mass is 16.3. The first-order valence-corrected chi connectivity index (χ1v) is 5.58. The maximum absolute atomic E-state index is 9.53. The predicted molar refractivity (Wildman–Crippen MR) is 57.2 cm³/mol. The average molecular weight is 201 g/mol. The molecule has 14 heavy (non-hydrogen) atoms. The molecule has 3 atom stereocenters. The lowest BCUT2D eigenvalue weighted by Crippen LogP contribution is -2.50. The summed E-state index contributed by atoms with van der Waals surface area (Å²) in [6.45, 7) is 6.50. The lowest BCUT2D eigenvalue weighted by atomic mass is 9.88. The minimum absolute atomic E-state index is 0.132. The monoisotopic (exact) mass is 201 g/mol. The highest BCUT2D eigenvalue weighted by Crippen LogP contribution is 2.21. The van der Waals surface area contributed by atoms with Crippen molar-refractivity contribution in [3.8, 4) is 0 Å². The van der Waals surface area contributed by atoms with Crippen LogP contribution in [-0.4, -0.2) is 34.0 Å². The highest BCUT2D eigenvalue weighted by Gasteiger charge is 2.30. The molecule has 3 nitrogen and oxygen atoms in total. The van der Waals surface area contributed by atoms with Gasteiger partial charge in [-0.1, -0.05) is 6.92 Å². The quantitative estimate of drug-likeness (QED) is 0.639. The molecule has 0 aliphatic heterocycles. The van der Waals surface area contributed by atoms with Crippen LogP contribution in [0.4, 0.5) is 0 Å². The van der Waals surface area contributed by atoms with E-state index in [0.717, 1.165) is 12.8 Å². The lowest BCUT2D eigenvalue weighted by molar-refractivity contribution is -0.0211. The van der Waals surface area contributed by atoms with Crippen LogP contribution in [0.5, 0.6) is 0 Å². The topological polar surface area (TPSA) is 52.5 Å². The Balaban J connectivity index is 2.40. The third kappa shape index (κ3) is 3.23. The summed E-state index contributed by atoms with van der Waals surface area (Å²) in [6.07, 6.45) is 2.35. The summed E-state index contributed by atoms with van der Waals surface area (Å²) in [5, 5.41) is 22.4. The molecule has 84 valence electrons. The number of hydrogen-bond acceptors (Lipinski definition) is 3. The van der Waals surface area contributed by atoms with Crippen molar-refractivity contribution >= 4 is 0 Å². The first-order valence-electron chi connectivity index (χ1n) is 5.58. The third-order valence-electron chi connectivity index (χ3n) is 3.26. The zero-order valence-corrected chi connectivity index (χ0v) is 9.45. The van der Waals surface area contributed by atoms with Crippen LogP contribution in [0.1, 0.15) is 46.5 Å². The zero-order chi connectivity index (χ0) is 10.8. The van der Waals surface area contributed by atoms with Crippen molar-refractivity contribution in [2.45, 2.75) is 70.2 Å². The minimum atomic E-state index is -0.547. The van der Waals surface area contributed by atoms with Gasteiger partial charge in [-0.15, -0.1) is 0 Å². The maximum Gasteiger partial charge on any atom is 0.0813 e. The Bertz CT molecular complexity index is 182. The molecule has 1 rings (SSSR count). The Morgan fingerprint density at radius 2 is 1.86 bits per heavy atom. The number of rotatable bonds is 3. The van der Waals surface area contributed by atoms with Gasteiger partial charge in [0, 0.05) is 11.6 Å². The van der Waals surface area contributed by atoms with Crippen molar-refractivity contribution in [1.82, 2.24) is 5.32 Å². The molecule has 0 aromatic carbocycles. The molecule has 1 fully saturated rings. The van der Waals surface area contributed by atoms with E-state index in [9.17, 15) is 10.2 Å². The molecular formula is C11H23NO2. The van der Waals surface area contributed by atoms with Gasteiger partial charge in [0.05, 0.1) is 12.2 Å². The van der Waals surface area contributed by atoms with Crippen molar-refractivity contribution in [3.05, 3.63) is 0 Å². The largest absolute Gasteiger partial charge is 0.390 e. The average Bonchev–Trinajstić information content (AvgIpc) is 2.11. The summed E-state index contributed by atoms with van der Waals surface area (Å²) in [4.78, 5) is 0. The summed E-state index contributed by atoms with van der Waals surface area (Å²) >= 11 is 0. The van der Waals surface area contributed by atoms with Crippen LogP contribution < -0.4 is 5.32 Å². The molecule has 1 aliphatic rings. The summed E-state index contributed by atoms with van der Waals surface area (Å²) in [5.41, 5.74) is 0.132. The lowest BCUT2D eigenvalue weighted by Gasteiger charge is -2.36. The van der Waals surface area contributed by atoms with E-state index in [-0.39, 0.29) is 5.54 Å². The van der Waals surface area contributed by atoms with Crippen molar-refractivity contribution in [3.63, 3.8) is 0 Å². The van der Waals surface area contributed by atoms with Crippen LogP contribution in [0.25, 0.3) is 0 Å². The van der Waals surface area contributed by atoms with Crippen LogP contribution in [-0.2, 0) is 0 Å². The van der Waals surface area contributed by atoms with Crippen molar-refractivity contribution in [2.24, 2.45) is 0 Å². The second-order valence-electron chi connectivity index (χ2n) is 5.03. The summed E-state index contributed by atoms with van der Waals surface area (Å²) in [7, 11) is 0. The van der Waals surface area contributed by atoms with Crippen LogP contribution >= 0.6 is 0 Å². The van der Waals surface area contributed by atoms with E-state index in [2.05, 4.69) is 26.1 Å². The molecule has 0 amide bonds. The van der Waals surface area contributed by atoms with Gasteiger partial charge < -0.3 is 15.5 Å². The molecule has 0 radical (unpaired) electrons. The van der Waals surface area contributed by atoms with Crippen LogP contribution in [0, 0.1) is 0 Å². The second kappa shape index (κ2) is 4.60. The molecule has 0 heterocycles. The van der Waals surface area contributed by atoms with E-state index in [1.807, 2.05) is 0 Å². The number of aliphatic hydroxyl groups excluding tert-OH is 2. The Kier molecular flexibility index (Phi) is 3.93. The van der Waals surface area contributed by atoms with E-state index in [1.165, 1.54) is 0 Å². The minimum Gasteiger partial charge on any atom is -0.390 e. The fraction of sp³-hybridized carbons (Fsp3) is 1.00. The maximum atomic E-state index is 9.53. The summed E-state index contributed by atoms with van der Waals surface area (Å²) in [6, 6.07) is 0.350. The Morgan fingerprint density at radius 3 is 2.36 bits per heavy atom. The normalized spacial score (nSPS) is 34.5. The van der Waals surface area contributed by atoms with Gasteiger partial charge in [-0.05, 0) is 39.5 Å². The molecule has 0 aromatic rings. The Morgan fingerprint density at radius 1 is 1.21 bits per heavy atom. The van der Waals surface area contributed by atoms with E-state index in [4.69, 9.17) is 0 Å². The standard InChI is InChI=1S/C11H23NO2/c1-4-11(2,3)12-8-5-6-9(13)10(14)7-8/h8-10,12-14H,4-7H2,1-3H3/t8?,9-,10+/m0/s1. The van der Waals surface area contributed by atoms with Crippen molar-refractivity contribution in [1.29, 1.82) is 0 Å². The van der Waals surface area contributed by atoms with E-state index < -0.39 is 12.2 Å². The van der Waals surface area contributed by atoms with Gasteiger partial charge in [0.2, 0.25) is 0 Å². The third-order valence-corrected chi connectivity index (χ3v) is 3.26. The molecule has 1 saturated carbocycles. The van der Waals surface area contributed by atoms with E-state index >= 15 is 0 Å². The zero-order valence-electron chi connectivity index (χ0n) is 9.45. The molecular weight excluding hydrogens is 178 g/mol. The number of hydrogen-bond donors (Lipinski definition) is 3. The molecule has 1 unspecified atom stereocenters. The molecule has 0 spiro atoms. The second-order valence-corrected chi connectivity index (χ2v) is 5.03. The van der Waals surface area contributed by atoms with E-state index in [0.29, 0.717) is 18.9 Å². The predicted octanol–water partition coefficient (Wildman–Crippen LogP) is 1.04. The fourth-order valence-corrected chi connectivity index (χ4v) is 1.92. The van der Waals surface area contributed by atoms with E-state index in [1.54, 1.807) is 0 Å². The van der Waals surface area contributed by atoms with Crippen molar-refractivity contribution < 1.29 is 10.2 Å². The highest BCUT2D eigenvalue weighted by molar-refractivity contribution is 4.88. The van der Waals surface area contributed by atoms with Gasteiger partial charge in [0.25, 0.3) is 0 Å². The molecule has 1 aliphatic carbocycles. The summed E-state index contributed by atoms with van der Waals surface area (Å²) in [5.74, 6) is 0. The molecule has 0 aromatic heterocycles. The molecule has 0 saturated heterocycles. The number of aliphatic hydroxyl groups is 2. The number of nitrogens with one attached hydrogen (secondary N) is 1. The van der Waals surface area contributed by atoms with Crippen molar-refractivity contribution in [2.75, 3.05) is 0 Å². The first-order chi connectivity index (χ1) is 6.44. The van der Waals surface area contributed by atoms with Gasteiger partial charge >= 0.3 is 0 Å². The first kappa shape index (κ1) is 12.0.